The van der Waals surface area contributed by atoms with Crippen LogP contribution in [0.4, 0.5) is 0 Å². The van der Waals surface area contributed by atoms with Gasteiger partial charge in [0.05, 0.1) is 10.8 Å². The summed E-state index contributed by atoms with van der Waals surface area (Å²) in [5.41, 5.74) is 2.28. The molecule has 1 aliphatic heterocycles. The standard InChI is InChI=1S/C21H26O2S/c1-20-15-12-6-10-5-11(7-12)9-13(8-10)16(15)21(2,19(20)23)18-17(20)14(22)3-4-24-18/h10-13,17-18H,3-9H2,1-2H3. The predicted molar refractivity (Wildman–Crippen MR) is 94.7 cm³/mol. The van der Waals surface area contributed by atoms with E-state index in [1.807, 2.05) is 11.8 Å². The molecule has 0 amide bonds. The maximum Gasteiger partial charge on any atom is 0.154 e. The molecule has 1 heterocycles. The van der Waals surface area contributed by atoms with Gasteiger partial charge in [0.1, 0.15) is 5.78 Å². The number of hydrogen-bond donors (Lipinski definition) is 0. The van der Waals surface area contributed by atoms with Crippen LogP contribution in [0.1, 0.15) is 52.4 Å². The Morgan fingerprint density at radius 1 is 0.875 bits per heavy atom. The van der Waals surface area contributed by atoms with Crippen molar-refractivity contribution in [3.05, 3.63) is 11.1 Å². The summed E-state index contributed by atoms with van der Waals surface area (Å²) in [4.78, 5) is 26.6. The van der Waals surface area contributed by atoms with Gasteiger partial charge in [-0.3, -0.25) is 9.59 Å². The molecule has 1 saturated heterocycles. The van der Waals surface area contributed by atoms with Crippen LogP contribution in [0.3, 0.4) is 0 Å². The van der Waals surface area contributed by atoms with Crippen LogP contribution in [0, 0.1) is 40.4 Å². The molecular formula is C21H26O2S. The van der Waals surface area contributed by atoms with Gasteiger partial charge >= 0.3 is 0 Å². The maximum atomic E-state index is 13.7. The summed E-state index contributed by atoms with van der Waals surface area (Å²) in [7, 11) is 0. The number of ketones is 2. The van der Waals surface area contributed by atoms with Crippen molar-refractivity contribution >= 4 is 23.3 Å². The average molecular weight is 343 g/mol. The molecule has 4 fully saturated rings. The first kappa shape index (κ1) is 14.6. The Morgan fingerprint density at radius 2 is 1.46 bits per heavy atom. The third kappa shape index (κ3) is 1.35. The highest BCUT2D eigenvalue weighted by atomic mass is 32.2. The second-order valence-electron chi connectivity index (χ2n) is 9.85. The maximum absolute atomic E-state index is 13.7. The number of thioether (sulfide) groups is 1. The minimum absolute atomic E-state index is 0.0248. The fourth-order valence-corrected chi connectivity index (χ4v) is 10.1. The van der Waals surface area contributed by atoms with Crippen molar-refractivity contribution in [3.8, 4) is 0 Å². The van der Waals surface area contributed by atoms with Crippen LogP contribution in [0.5, 0.6) is 0 Å². The third-order valence-electron chi connectivity index (χ3n) is 8.79. The van der Waals surface area contributed by atoms with Crippen molar-refractivity contribution in [2.75, 3.05) is 5.75 Å². The molecule has 128 valence electrons. The van der Waals surface area contributed by atoms with Crippen LogP contribution in [0.15, 0.2) is 11.1 Å². The average Bonchev–Trinajstić information content (AvgIpc) is 2.72. The molecule has 0 radical (unpaired) electrons. The second-order valence-corrected chi connectivity index (χ2v) is 11.1. The number of Topliss-reactive ketones (excluding diaryl/α,β-unsaturated/α-hetero) is 2. The van der Waals surface area contributed by atoms with Gasteiger partial charge in [0.15, 0.2) is 5.78 Å². The molecular weight excluding hydrogens is 316 g/mol. The summed E-state index contributed by atoms with van der Waals surface area (Å²) >= 11 is 1.93. The molecule has 3 saturated carbocycles. The molecule has 6 atom stereocenters. The zero-order valence-corrected chi connectivity index (χ0v) is 15.5. The first-order valence-electron chi connectivity index (χ1n) is 9.90. The van der Waals surface area contributed by atoms with E-state index in [0.29, 0.717) is 29.8 Å². The predicted octanol–water partition coefficient (Wildman–Crippen LogP) is 4.04. The van der Waals surface area contributed by atoms with Gasteiger partial charge in [0.25, 0.3) is 0 Å². The Balaban J connectivity index is 1.62. The fourth-order valence-electron chi connectivity index (χ4n) is 8.38. The normalized spacial score (nSPS) is 57.4. The summed E-state index contributed by atoms with van der Waals surface area (Å²) in [6.07, 6.45) is 7.33. The molecule has 7 aliphatic rings. The highest BCUT2D eigenvalue weighted by Gasteiger charge is 2.75. The molecule has 0 spiro atoms. The Hall–Kier alpha value is -0.570. The van der Waals surface area contributed by atoms with E-state index in [9.17, 15) is 9.59 Å². The van der Waals surface area contributed by atoms with Crippen LogP contribution in [0.25, 0.3) is 0 Å². The van der Waals surface area contributed by atoms with Crippen LogP contribution in [0.2, 0.25) is 0 Å². The summed E-state index contributed by atoms with van der Waals surface area (Å²) in [6, 6.07) is 0. The minimum atomic E-state index is -0.455. The van der Waals surface area contributed by atoms with E-state index in [1.165, 1.54) is 37.7 Å². The van der Waals surface area contributed by atoms with E-state index in [0.717, 1.165) is 17.6 Å². The fraction of sp³-hybridized carbons (Fsp3) is 0.810. The molecule has 24 heavy (non-hydrogen) atoms. The van der Waals surface area contributed by atoms with E-state index >= 15 is 0 Å². The summed E-state index contributed by atoms with van der Waals surface area (Å²) in [5, 5.41) is 0.227. The molecule has 3 heteroatoms. The lowest BCUT2D eigenvalue weighted by Crippen LogP contribution is -2.45. The molecule has 0 aromatic heterocycles. The van der Waals surface area contributed by atoms with E-state index in [4.69, 9.17) is 0 Å². The van der Waals surface area contributed by atoms with E-state index in [2.05, 4.69) is 13.8 Å². The third-order valence-corrected chi connectivity index (χ3v) is 10.3. The lowest BCUT2D eigenvalue weighted by molar-refractivity contribution is -0.133. The molecule has 0 N–H and O–H groups in total. The van der Waals surface area contributed by atoms with E-state index in [-0.39, 0.29) is 16.6 Å². The zero-order valence-electron chi connectivity index (χ0n) is 14.6. The molecule has 6 bridgehead atoms. The number of hydrogen-bond acceptors (Lipinski definition) is 3. The molecule has 0 aromatic carbocycles. The Bertz CT molecular complexity index is 709. The van der Waals surface area contributed by atoms with Crippen LogP contribution >= 0.6 is 11.8 Å². The van der Waals surface area contributed by atoms with Crippen molar-refractivity contribution in [2.24, 2.45) is 40.4 Å². The quantitative estimate of drug-likeness (QED) is 0.623. The van der Waals surface area contributed by atoms with Crippen LogP contribution in [-0.4, -0.2) is 22.6 Å². The molecule has 6 unspecified atom stereocenters. The zero-order chi connectivity index (χ0) is 16.4. The van der Waals surface area contributed by atoms with Crippen LogP contribution in [-0.2, 0) is 9.59 Å². The van der Waals surface area contributed by atoms with Gasteiger partial charge in [-0.15, -0.1) is 0 Å². The molecule has 0 aromatic rings. The number of rotatable bonds is 0. The topological polar surface area (TPSA) is 34.1 Å². The highest BCUT2D eigenvalue weighted by Crippen LogP contribution is 2.74. The Kier molecular flexibility index (Phi) is 2.56. The summed E-state index contributed by atoms with van der Waals surface area (Å²) < 4.78 is 0. The summed E-state index contributed by atoms with van der Waals surface area (Å²) in [5.74, 6) is 4.71. The van der Waals surface area contributed by atoms with Crippen molar-refractivity contribution in [2.45, 2.75) is 57.6 Å². The van der Waals surface area contributed by atoms with Crippen molar-refractivity contribution in [1.29, 1.82) is 0 Å². The lowest BCUT2D eigenvalue weighted by Gasteiger charge is -2.44. The highest BCUT2D eigenvalue weighted by molar-refractivity contribution is 8.00. The monoisotopic (exact) mass is 342 g/mol. The largest absolute Gasteiger partial charge is 0.299 e. The minimum Gasteiger partial charge on any atom is -0.299 e. The number of carbonyl (C=O) groups excluding carboxylic acids is 2. The van der Waals surface area contributed by atoms with Gasteiger partial charge in [-0.1, -0.05) is 11.1 Å². The Labute approximate surface area is 148 Å². The van der Waals surface area contributed by atoms with Gasteiger partial charge in [-0.25, -0.2) is 0 Å². The molecule has 7 rings (SSSR count). The smallest absolute Gasteiger partial charge is 0.154 e. The Morgan fingerprint density at radius 3 is 2.08 bits per heavy atom. The van der Waals surface area contributed by atoms with E-state index in [1.54, 1.807) is 5.57 Å². The van der Waals surface area contributed by atoms with Gasteiger partial charge in [0, 0.05) is 23.3 Å². The lowest BCUT2D eigenvalue weighted by atomic mass is 9.62. The second kappa shape index (κ2) is 4.22. The summed E-state index contributed by atoms with van der Waals surface area (Å²) in [6.45, 7) is 4.41. The first-order valence-corrected chi connectivity index (χ1v) is 10.9. The van der Waals surface area contributed by atoms with Crippen molar-refractivity contribution in [1.82, 2.24) is 0 Å². The number of carbonyl (C=O) groups is 2. The number of fused-ring (bicyclic) bond motifs is 5. The molecule has 2 nitrogen and oxygen atoms in total. The van der Waals surface area contributed by atoms with E-state index < -0.39 is 5.41 Å². The van der Waals surface area contributed by atoms with Crippen molar-refractivity contribution in [3.63, 3.8) is 0 Å². The van der Waals surface area contributed by atoms with Crippen molar-refractivity contribution < 1.29 is 9.59 Å². The first-order chi connectivity index (χ1) is 11.5. The van der Waals surface area contributed by atoms with Gasteiger partial charge in [-0.05, 0) is 69.6 Å². The molecule has 6 aliphatic carbocycles. The van der Waals surface area contributed by atoms with Gasteiger partial charge in [0.2, 0.25) is 0 Å². The van der Waals surface area contributed by atoms with Crippen LogP contribution < -0.4 is 0 Å². The van der Waals surface area contributed by atoms with Gasteiger partial charge < -0.3 is 0 Å². The SMILES string of the molecule is CC12C(=O)C(C)(C3=C1C1CC4CC(C1)CC3C4)C1C(=O)CCSC12. The van der Waals surface area contributed by atoms with Gasteiger partial charge in [-0.2, -0.15) is 11.8 Å². The number of allylic oxidation sites excluding steroid dienone is 2.